The highest BCUT2D eigenvalue weighted by Crippen LogP contribution is 2.65. The molecule has 5 rings (SSSR count). The Morgan fingerprint density at radius 3 is 2.44 bits per heavy atom. The van der Waals surface area contributed by atoms with Crippen molar-refractivity contribution in [3.8, 4) is 0 Å². The molecule has 5 aliphatic carbocycles. The molecule has 0 aromatic heterocycles. The van der Waals surface area contributed by atoms with E-state index < -0.39 is 0 Å². The number of hydrogen-bond donors (Lipinski definition) is 2. The van der Waals surface area contributed by atoms with E-state index in [2.05, 4.69) is 19.2 Å². The van der Waals surface area contributed by atoms with Gasteiger partial charge in [0.15, 0.2) is 5.78 Å². The fraction of sp³-hybridized carbons (Fsp3) is 0.909. The van der Waals surface area contributed by atoms with E-state index in [1.54, 1.807) is 0 Å². The summed E-state index contributed by atoms with van der Waals surface area (Å²) in [7, 11) is 0. The molecule has 2 N–H and O–H groups in total. The molecule has 0 bridgehead atoms. The summed E-state index contributed by atoms with van der Waals surface area (Å²) in [6, 6.07) is 1.55. The van der Waals surface area contributed by atoms with Crippen molar-refractivity contribution in [2.24, 2.45) is 34.5 Å². The van der Waals surface area contributed by atoms with E-state index in [0.717, 1.165) is 42.7 Å². The molecule has 0 saturated heterocycles. The molecular formula is C22H34N2O. The fourth-order valence-electron chi connectivity index (χ4n) is 7.81. The molecule has 5 saturated carbocycles. The van der Waals surface area contributed by atoms with Crippen molar-refractivity contribution in [3.05, 3.63) is 0 Å². The van der Waals surface area contributed by atoms with Crippen LogP contribution in [0.3, 0.4) is 0 Å². The van der Waals surface area contributed by atoms with Crippen LogP contribution in [0.2, 0.25) is 0 Å². The summed E-state index contributed by atoms with van der Waals surface area (Å²) in [5, 5.41) is 12.4. The highest BCUT2D eigenvalue weighted by Gasteiger charge is 2.61. The first-order chi connectivity index (χ1) is 11.9. The average molecular weight is 343 g/mol. The minimum Gasteiger partial charge on any atom is -0.311 e. The average Bonchev–Trinajstić information content (AvgIpc) is 3.34. The second kappa shape index (κ2) is 5.41. The maximum Gasteiger partial charge on any atom is 0.176 e. The number of rotatable bonds is 2. The Morgan fingerprint density at radius 2 is 1.68 bits per heavy atom. The number of nitrogens with one attached hydrogen (secondary N) is 2. The van der Waals surface area contributed by atoms with Crippen LogP contribution >= 0.6 is 0 Å². The van der Waals surface area contributed by atoms with Gasteiger partial charge < -0.3 is 10.7 Å². The number of hydrogen-bond acceptors (Lipinski definition) is 3. The van der Waals surface area contributed by atoms with Crippen LogP contribution in [-0.2, 0) is 4.79 Å². The summed E-state index contributed by atoms with van der Waals surface area (Å²) < 4.78 is 0. The highest BCUT2D eigenvalue weighted by molar-refractivity contribution is 6.40. The van der Waals surface area contributed by atoms with Gasteiger partial charge in [-0.15, -0.1) is 0 Å². The molecule has 2 unspecified atom stereocenters. The van der Waals surface area contributed by atoms with Crippen LogP contribution in [0.5, 0.6) is 0 Å². The first kappa shape index (κ1) is 16.5. The topological polar surface area (TPSA) is 53.0 Å². The van der Waals surface area contributed by atoms with Crippen molar-refractivity contribution in [2.75, 3.05) is 0 Å². The molecule has 7 atom stereocenters. The third-order valence-corrected chi connectivity index (χ3v) is 9.42. The van der Waals surface area contributed by atoms with Crippen molar-refractivity contribution in [2.45, 2.75) is 90.1 Å². The van der Waals surface area contributed by atoms with Gasteiger partial charge in [0.1, 0.15) is 0 Å². The minimum atomic E-state index is 0.135. The maximum atomic E-state index is 12.1. The van der Waals surface area contributed by atoms with Crippen LogP contribution in [0.25, 0.3) is 0 Å². The number of fused-ring (bicyclic) bond motifs is 5. The molecule has 3 nitrogen and oxygen atoms in total. The quantitative estimate of drug-likeness (QED) is 0.784. The van der Waals surface area contributed by atoms with Gasteiger partial charge in [0.05, 0.1) is 5.71 Å². The van der Waals surface area contributed by atoms with Gasteiger partial charge in [0.2, 0.25) is 0 Å². The van der Waals surface area contributed by atoms with Gasteiger partial charge in [-0.25, -0.2) is 0 Å². The Kier molecular flexibility index (Phi) is 3.56. The first-order valence-electron chi connectivity index (χ1n) is 10.8. The van der Waals surface area contributed by atoms with Crippen LogP contribution in [0, 0.1) is 39.9 Å². The monoisotopic (exact) mass is 342 g/mol. The fourth-order valence-corrected chi connectivity index (χ4v) is 7.81. The molecule has 3 heteroatoms. The van der Waals surface area contributed by atoms with Gasteiger partial charge in [-0.05, 0) is 86.4 Å². The Hall–Kier alpha value is -0.700. The molecule has 5 aliphatic rings. The molecule has 0 spiro atoms. The van der Waals surface area contributed by atoms with Crippen LogP contribution in [0.15, 0.2) is 0 Å². The third-order valence-electron chi connectivity index (χ3n) is 9.42. The summed E-state index contributed by atoms with van der Waals surface area (Å²) in [6.07, 6.45) is 12.2. The molecule has 0 aromatic rings. The number of carbonyl (C=O) groups is 1. The summed E-state index contributed by atoms with van der Waals surface area (Å²) in [6.45, 7) is 5.02. The number of carbonyl (C=O) groups excluding carboxylic acids is 1. The lowest BCUT2D eigenvalue weighted by molar-refractivity contribution is -0.121. The van der Waals surface area contributed by atoms with E-state index in [0.29, 0.717) is 17.5 Å². The number of ketones is 1. The van der Waals surface area contributed by atoms with Gasteiger partial charge in [0.25, 0.3) is 0 Å². The van der Waals surface area contributed by atoms with E-state index in [1.165, 1.54) is 44.9 Å². The number of Topliss-reactive ketones (excluding diaryl/α,β-unsaturated/α-hetero) is 1. The molecule has 0 amide bonds. The van der Waals surface area contributed by atoms with E-state index in [4.69, 9.17) is 5.41 Å². The summed E-state index contributed by atoms with van der Waals surface area (Å²) in [4.78, 5) is 12.1. The lowest BCUT2D eigenvalue weighted by Gasteiger charge is -2.60. The summed E-state index contributed by atoms with van der Waals surface area (Å²) in [5.41, 5.74) is 1.18. The zero-order valence-electron chi connectivity index (χ0n) is 15.9. The van der Waals surface area contributed by atoms with E-state index in [-0.39, 0.29) is 17.1 Å². The predicted octanol–water partition coefficient (Wildman–Crippen LogP) is 4.35. The zero-order chi connectivity index (χ0) is 17.4. The van der Waals surface area contributed by atoms with Gasteiger partial charge in [-0.2, -0.15) is 0 Å². The van der Waals surface area contributed by atoms with Crippen molar-refractivity contribution >= 4 is 11.5 Å². The Bertz CT molecular complexity index is 611. The Labute approximate surface area is 152 Å². The molecule has 0 radical (unpaired) electrons. The lowest BCUT2D eigenvalue weighted by atomic mass is 9.45. The summed E-state index contributed by atoms with van der Waals surface area (Å²) in [5.74, 6) is 2.84. The molecule has 25 heavy (non-hydrogen) atoms. The molecule has 5 fully saturated rings. The van der Waals surface area contributed by atoms with Crippen molar-refractivity contribution < 1.29 is 4.79 Å². The van der Waals surface area contributed by atoms with Crippen LogP contribution in [-0.4, -0.2) is 23.6 Å². The van der Waals surface area contributed by atoms with E-state index in [9.17, 15) is 4.79 Å². The Morgan fingerprint density at radius 1 is 0.920 bits per heavy atom. The molecular weight excluding hydrogens is 308 g/mol. The smallest absolute Gasteiger partial charge is 0.176 e. The van der Waals surface area contributed by atoms with Gasteiger partial charge >= 0.3 is 0 Å². The second-order valence-electron chi connectivity index (χ2n) is 10.5. The molecule has 0 aromatic carbocycles. The van der Waals surface area contributed by atoms with Crippen molar-refractivity contribution in [1.82, 2.24) is 5.32 Å². The highest BCUT2D eigenvalue weighted by atomic mass is 16.1. The minimum absolute atomic E-state index is 0.135. The molecule has 0 heterocycles. The van der Waals surface area contributed by atoms with Crippen LogP contribution in [0.4, 0.5) is 0 Å². The van der Waals surface area contributed by atoms with Gasteiger partial charge in [-0.3, -0.25) is 4.79 Å². The lowest BCUT2D eigenvalue weighted by Crippen LogP contribution is -2.57. The van der Waals surface area contributed by atoms with Crippen molar-refractivity contribution in [1.29, 1.82) is 5.41 Å². The normalized spacial score (nSPS) is 52.5. The van der Waals surface area contributed by atoms with E-state index in [1.807, 2.05) is 0 Å². The van der Waals surface area contributed by atoms with Gasteiger partial charge in [0, 0.05) is 24.4 Å². The third kappa shape index (κ3) is 2.27. The summed E-state index contributed by atoms with van der Waals surface area (Å²) >= 11 is 0. The molecule has 138 valence electrons. The molecule has 0 aliphatic heterocycles. The standard InChI is InChI=1S/C22H34N2O/c1-21-12-10-18(25)20(23)17(21)6-5-14-15-7-8-19(24-13-3-4-13)22(15,2)11-9-16(14)21/h13-17,19,23-24H,3-12H2,1-2H3/t14-,15-,16+,17?,19?,21+,22-/m0/s1. The van der Waals surface area contributed by atoms with E-state index >= 15 is 0 Å². The van der Waals surface area contributed by atoms with Crippen LogP contribution < -0.4 is 5.32 Å². The zero-order valence-corrected chi connectivity index (χ0v) is 15.9. The first-order valence-corrected chi connectivity index (χ1v) is 10.8. The largest absolute Gasteiger partial charge is 0.311 e. The van der Waals surface area contributed by atoms with Gasteiger partial charge in [-0.1, -0.05) is 13.8 Å². The SMILES string of the molecule is C[C@]12CCC(=O)C(=N)C1CC[C@@H]1[C@H]2CC[C@]2(C)C(NC3CC3)CC[C@@H]12. The van der Waals surface area contributed by atoms with Crippen LogP contribution in [0.1, 0.15) is 78.1 Å². The Balaban J connectivity index is 1.41. The maximum absolute atomic E-state index is 12.1. The predicted molar refractivity (Wildman–Crippen MR) is 99.8 cm³/mol. The second-order valence-corrected chi connectivity index (χ2v) is 10.5. The van der Waals surface area contributed by atoms with Crippen molar-refractivity contribution in [3.63, 3.8) is 0 Å².